The zero-order valence-electron chi connectivity index (χ0n) is 6.88. The molecule has 1 aromatic heterocycles. The number of aromatic nitrogens is 1. The quantitative estimate of drug-likeness (QED) is 0.731. The molecule has 13 heavy (non-hydrogen) atoms. The van der Waals surface area contributed by atoms with Crippen LogP contribution in [0.3, 0.4) is 0 Å². The molecule has 0 unspecified atom stereocenters. The first-order chi connectivity index (χ1) is 6.27. The molecule has 2 aromatic rings. The molecule has 2 rings (SSSR count). The van der Waals surface area contributed by atoms with E-state index in [4.69, 9.17) is 11.6 Å². The lowest BCUT2D eigenvalue weighted by molar-refractivity contribution is -0.111. The van der Waals surface area contributed by atoms with Crippen molar-refractivity contribution in [2.75, 3.05) is 0 Å². The second-order valence-electron chi connectivity index (χ2n) is 2.89. The third-order valence-corrected chi connectivity index (χ3v) is 2.14. The first-order valence-electron chi connectivity index (χ1n) is 4.00. The molecule has 1 aromatic carbocycles. The van der Waals surface area contributed by atoms with Crippen molar-refractivity contribution in [3.63, 3.8) is 0 Å². The highest BCUT2D eigenvalue weighted by molar-refractivity contribution is 6.63. The minimum atomic E-state index is -0.329. The van der Waals surface area contributed by atoms with Crippen LogP contribution in [0, 0.1) is 0 Å². The van der Waals surface area contributed by atoms with Crippen molar-refractivity contribution < 1.29 is 4.79 Å². The number of nitrogens with one attached hydrogen (secondary N) is 1. The van der Waals surface area contributed by atoms with Crippen LogP contribution in [0.4, 0.5) is 0 Å². The van der Waals surface area contributed by atoms with Crippen LogP contribution in [-0.4, -0.2) is 10.2 Å². The molecule has 1 N–H and O–H groups in total. The first kappa shape index (κ1) is 8.32. The highest BCUT2D eigenvalue weighted by atomic mass is 35.5. The van der Waals surface area contributed by atoms with Gasteiger partial charge < -0.3 is 4.98 Å². The molecule has 0 aliphatic carbocycles. The van der Waals surface area contributed by atoms with E-state index in [0.717, 1.165) is 16.5 Å². The number of aromatic amines is 1. The van der Waals surface area contributed by atoms with Crippen LogP contribution < -0.4 is 0 Å². The SMILES string of the molecule is O=C(Cl)Cc1c[nH]c2ccccc12. The zero-order chi connectivity index (χ0) is 9.26. The molecule has 0 bridgehead atoms. The fraction of sp³-hybridized carbons (Fsp3) is 0.100. The summed E-state index contributed by atoms with van der Waals surface area (Å²) in [7, 11) is 0. The number of carbonyl (C=O) groups is 1. The fourth-order valence-electron chi connectivity index (χ4n) is 1.43. The lowest BCUT2D eigenvalue weighted by atomic mass is 10.1. The van der Waals surface area contributed by atoms with E-state index in [1.54, 1.807) is 0 Å². The Hall–Kier alpha value is -1.28. The Morgan fingerprint density at radius 2 is 2.15 bits per heavy atom. The van der Waals surface area contributed by atoms with Crippen LogP contribution >= 0.6 is 11.6 Å². The fourth-order valence-corrected chi connectivity index (χ4v) is 1.57. The van der Waals surface area contributed by atoms with Gasteiger partial charge in [0, 0.05) is 23.5 Å². The van der Waals surface area contributed by atoms with E-state index in [-0.39, 0.29) is 11.7 Å². The Bertz CT molecular complexity index is 447. The van der Waals surface area contributed by atoms with Gasteiger partial charge in [0.1, 0.15) is 0 Å². The highest BCUT2D eigenvalue weighted by Crippen LogP contribution is 2.18. The molecule has 0 spiro atoms. The van der Waals surface area contributed by atoms with Gasteiger partial charge in [0.25, 0.3) is 0 Å². The van der Waals surface area contributed by atoms with Crippen molar-refractivity contribution in [3.8, 4) is 0 Å². The lowest BCUT2D eigenvalue weighted by Gasteiger charge is -1.92. The number of hydrogen-bond acceptors (Lipinski definition) is 1. The summed E-state index contributed by atoms with van der Waals surface area (Å²) in [6.07, 6.45) is 2.11. The Morgan fingerprint density at radius 3 is 2.92 bits per heavy atom. The van der Waals surface area contributed by atoms with Crippen molar-refractivity contribution in [2.24, 2.45) is 0 Å². The topological polar surface area (TPSA) is 32.9 Å². The van der Waals surface area contributed by atoms with Gasteiger partial charge in [0.05, 0.1) is 0 Å². The molecule has 0 amide bonds. The number of rotatable bonds is 2. The molecule has 3 heteroatoms. The highest BCUT2D eigenvalue weighted by Gasteiger charge is 2.05. The van der Waals surface area contributed by atoms with Gasteiger partial charge in [-0.1, -0.05) is 18.2 Å². The third kappa shape index (κ3) is 1.58. The number of halogens is 1. The van der Waals surface area contributed by atoms with Crippen LogP contribution in [-0.2, 0) is 11.2 Å². The third-order valence-electron chi connectivity index (χ3n) is 2.00. The number of hydrogen-bond donors (Lipinski definition) is 1. The van der Waals surface area contributed by atoms with Crippen molar-refractivity contribution in [1.29, 1.82) is 0 Å². The normalized spacial score (nSPS) is 10.5. The number of benzene rings is 1. The molecule has 1 heterocycles. The molecule has 2 nitrogen and oxygen atoms in total. The Labute approximate surface area is 80.5 Å². The van der Waals surface area contributed by atoms with Crippen LogP contribution in [0.15, 0.2) is 30.5 Å². The molecule has 0 atom stereocenters. The van der Waals surface area contributed by atoms with Crippen molar-refractivity contribution in [3.05, 3.63) is 36.0 Å². The number of carbonyl (C=O) groups excluding carboxylic acids is 1. The average Bonchev–Trinajstić information content (AvgIpc) is 2.48. The predicted molar refractivity (Wildman–Crippen MR) is 52.9 cm³/mol. The van der Waals surface area contributed by atoms with Gasteiger partial charge in [0.2, 0.25) is 5.24 Å². The van der Waals surface area contributed by atoms with Crippen LogP contribution in [0.2, 0.25) is 0 Å². The summed E-state index contributed by atoms with van der Waals surface area (Å²) in [5.41, 5.74) is 1.99. The minimum Gasteiger partial charge on any atom is -0.361 e. The molecular weight excluding hydrogens is 186 g/mol. The second kappa shape index (κ2) is 3.23. The molecule has 0 aliphatic rings. The van der Waals surface area contributed by atoms with Gasteiger partial charge in [-0.15, -0.1) is 0 Å². The summed E-state index contributed by atoms with van der Waals surface area (Å²) >= 11 is 5.32. The number of H-pyrrole nitrogens is 1. The van der Waals surface area contributed by atoms with E-state index < -0.39 is 0 Å². The summed E-state index contributed by atoms with van der Waals surface area (Å²) < 4.78 is 0. The van der Waals surface area contributed by atoms with E-state index >= 15 is 0 Å². The van der Waals surface area contributed by atoms with E-state index in [2.05, 4.69) is 4.98 Å². The smallest absolute Gasteiger partial charge is 0.226 e. The molecule has 0 fully saturated rings. The molecule has 66 valence electrons. The maximum absolute atomic E-state index is 10.7. The Kier molecular flexibility index (Phi) is 2.07. The van der Waals surface area contributed by atoms with Crippen molar-refractivity contribution in [2.45, 2.75) is 6.42 Å². The maximum atomic E-state index is 10.7. The number of fused-ring (bicyclic) bond motifs is 1. The molecule has 0 radical (unpaired) electrons. The van der Waals surface area contributed by atoms with Crippen LogP contribution in [0.5, 0.6) is 0 Å². The van der Waals surface area contributed by atoms with Crippen molar-refractivity contribution in [1.82, 2.24) is 4.98 Å². The molecular formula is C10H8ClNO. The van der Waals surface area contributed by atoms with Gasteiger partial charge in [-0.05, 0) is 23.2 Å². The van der Waals surface area contributed by atoms with E-state index in [9.17, 15) is 4.79 Å². The summed E-state index contributed by atoms with van der Waals surface area (Å²) in [6.45, 7) is 0. The Balaban J connectivity index is 2.51. The predicted octanol–water partition coefficient (Wildman–Crippen LogP) is 2.48. The Morgan fingerprint density at radius 1 is 1.38 bits per heavy atom. The molecule has 0 aliphatic heterocycles. The monoisotopic (exact) mass is 193 g/mol. The second-order valence-corrected chi connectivity index (χ2v) is 3.31. The molecule has 0 saturated heterocycles. The van der Waals surface area contributed by atoms with E-state index in [0.29, 0.717) is 0 Å². The van der Waals surface area contributed by atoms with E-state index in [1.807, 2.05) is 30.5 Å². The van der Waals surface area contributed by atoms with Gasteiger partial charge in [-0.3, -0.25) is 4.79 Å². The zero-order valence-corrected chi connectivity index (χ0v) is 7.64. The van der Waals surface area contributed by atoms with E-state index in [1.165, 1.54) is 0 Å². The molecule has 0 saturated carbocycles. The summed E-state index contributed by atoms with van der Waals surface area (Å²) in [5.74, 6) is 0. The summed E-state index contributed by atoms with van der Waals surface area (Å²) in [6, 6.07) is 7.84. The average molecular weight is 194 g/mol. The van der Waals surface area contributed by atoms with Gasteiger partial charge >= 0.3 is 0 Å². The lowest BCUT2D eigenvalue weighted by Crippen LogP contribution is -1.91. The van der Waals surface area contributed by atoms with Gasteiger partial charge in [-0.25, -0.2) is 0 Å². The maximum Gasteiger partial charge on any atom is 0.226 e. The standard InChI is InChI=1S/C10H8ClNO/c11-10(13)5-7-6-12-9-4-2-1-3-8(7)9/h1-4,6,12H,5H2. The van der Waals surface area contributed by atoms with Gasteiger partial charge in [-0.2, -0.15) is 0 Å². The van der Waals surface area contributed by atoms with Crippen LogP contribution in [0.1, 0.15) is 5.56 Å². The van der Waals surface area contributed by atoms with Gasteiger partial charge in [0.15, 0.2) is 0 Å². The summed E-state index contributed by atoms with van der Waals surface area (Å²) in [5, 5.41) is 0.737. The number of para-hydroxylation sites is 1. The minimum absolute atomic E-state index is 0.283. The summed E-state index contributed by atoms with van der Waals surface area (Å²) in [4.78, 5) is 13.8. The van der Waals surface area contributed by atoms with Crippen molar-refractivity contribution >= 4 is 27.7 Å². The van der Waals surface area contributed by atoms with Crippen LogP contribution in [0.25, 0.3) is 10.9 Å². The largest absolute Gasteiger partial charge is 0.361 e. The first-order valence-corrected chi connectivity index (χ1v) is 4.38.